The molecule has 6 heteroatoms. The van der Waals surface area contributed by atoms with Crippen LogP contribution in [0.25, 0.3) is 0 Å². The maximum atomic E-state index is 11.5. The van der Waals surface area contributed by atoms with Gasteiger partial charge < -0.3 is 15.7 Å². The molecule has 1 aliphatic heterocycles. The van der Waals surface area contributed by atoms with Crippen molar-refractivity contribution in [2.45, 2.75) is 38.0 Å². The number of carboxylic acid groups (broad SMARTS) is 1. The van der Waals surface area contributed by atoms with Gasteiger partial charge in [0.25, 0.3) is 0 Å². The minimum atomic E-state index is -0.995. The number of urea groups is 1. The van der Waals surface area contributed by atoms with Gasteiger partial charge in [-0.3, -0.25) is 0 Å². The lowest BCUT2D eigenvalue weighted by Crippen LogP contribution is -2.49. The molecule has 0 aromatic rings. The van der Waals surface area contributed by atoms with E-state index in [2.05, 4.69) is 10.6 Å². The molecule has 0 spiro atoms. The van der Waals surface area contributed by atoms with Gasteiger partial charge in [0.2, 0.25) is 0 Å². The van der Waals surface area contributed by atoms with Crippen LogP contribution in [0.1, 0.15) is 26.7 Å². The van der Waals surface area contributed by atoms with Crippen LogP contribution in [0.2, 0.25) is 0 Å². The van der Waals surface area contributed by atoms with Gasteiger partial charge in [0.15, 0.2) is 0 Å². The average Bonchev–Trinajstić information content (AvgIpc) is 2.74. The van der Waals surface area contributed by atoms with Crippen molar-refractivity contribution < 1.29 is 14.7 Å². The van der Waals surface area contributed by atoms with E-state index in [1.54, 1.807) is 13.8 Å². The molecule has 1 fully saturated rings. The van der Waals surface area contributed by atoms with Crippen LogP contribution in [0.4, 0.5) is 4.79 Å². The number of amides is 2. The molecule has 1 aliphatic rings. The van der Waals surface area contributed by atoms with Crippen molar-refractivity contribution in [2.75, 3.05) is 12.3 Å². The minimum absolute atomic E-state index is 0.126. The van der Waals surface area contributed by atoms with E-state index in [9.17, 15) is 9.59 Å². The molecule has 1 heterocycles. The molecule has 0 aromatic heterocycles. The minimum Gasteiger partial charge on any atom is -0.480 e. The number of carboxylic acids is 1. The Morgan fingerprint density at radius 3 is 2.65 bits per heavy atom. The van der Waals surface area contributed by atoms with E-state index in [-0.39, 0.29) is 5.92 Å². The number of rotatable bonds is 5. The van der Waals surface area contributed by atoms with Gasteiger partial charge in [0.05, 0.1) is 0 Å². The average molecular weight is 260 g/mol. The highest BCUT2D eigenvalue weighted by Gasteiger charge is 2.24. The predicted molar refractivity (Wildman–Crippen MR) is 68.3 cm³/mol. The van der Waals surface area contributed by atoms with E-state index in [1.807, 2.05) is 11.8 Å². The third kappa shape index (κ3) is 4.85. The van der Waals surface area contributed by atoms with Crippen LogP contribution in [0.5, 0.6) is 0 Å². The third-order valence-corrected chi connectivity index (χ3v) is 4.13. The van der Waals surface area contributed by atoms with Gasteiger partial charge in [0.1, 0.15) is 6.04 Å². The predicted octanol–water partition coefficient (Wildman–Crippen LogP) is 1.29. The van der Waals surface area contributed by atoms with Crippen molar-refractivity contribution in [1.29, 1.82) is 0 Å². The van der Waals surface area contributed by atoms with Crippen molar-refractivity contribution >= 4 is 23.8 Å². The number of hydrogen-bond acceptors (Lipinski definition) is 3. The number of aliphatic carboxylic acids is 1. The van der Waals surface area contributed by atoms with E-state index in [0.717, 1.165) is 12.2 Å². The molecular formula is C11H20N2O3S. The lowest BCUT2D eigenvalue weighted by Gasteiger charge is -2.19. The fourth-order valence-corrected chi connectivity index (χ4v) is 2.92. The Morgan fingerprint density at radius 2 is 2.18 bits per heavy atom. The summed E-state index contributed by atoms with van der Waals surface area (Å²) in [6, 6.07) is -1.22. The van der Waals surface area contributed by atoms with Crippen LogP contribution in [0.15, 0.2) is 0 Å². The zero-order valence-corrected chi connectivity index (χ0v) is 11.0. The standard InChI is InChI=1S/C11H20N2O3S/c1-7(2)9(10(14)15)13-11(16)12-6-8-4-3-5-17-8/h7-9H,3-6H2,1-2H3,(H,14,15)(H2,12,13,16). The van der Waals surface area contributed by atoms with Crippen molar-refractivity contribution in [1.82, 2.24) is 10.6 Å². The van der Waals surface area contributed by atoms with Crippen molar-refractivity contribution in [2.24, 2.45) is 5.92 Å². The molecule has 17 heavy (non-hydrogen) atoms. The summed E-state index contributed by atoms with van der Waals surface area (Å²) in [6.07, 6.45) is 2.32. The van der Waals surface area contributed by atoms with E-state index >= 15 is 0 Å². The first-order chi connectivity index (χ1) is 8.00. The molecule has 3 N–H and O–H groups in total. The van der Waals surface area contributed by atoms with Crippen LogP contribution >= 0.6 is 11.8 Å². The van der Waals surface area contributed by atoms with Crippen LogP contribution in [-0.2, 0) is 4.79 Å². The molecule has 1 rings (SSSR count). The molecule has 2 unspecified atom stereocenters. The van der Waals surface area contributed by atoms with Gasteiger partial charge >= 0.3 is 12.0 Å². The summed E-state index contributed by atoms with van der Waals surface area (Å²) in [5.74, 6) is 0.0297. The second kappa shape index (κ2) is 6.74. The summed E-state index contributed by atoms with van der Waals surface area (Å²) >= 11 is 1.86. The Bertz CT molecular complexity index is 278. The molecule has 2 atom stereocenters. The van der Waals surface area contributed by atoms with Crippen LogP contribution in [0, 0.1) is 5.92 Å². The molecule has 0 radical (unpaired) electrons. The Kier molecular flexibility index (Phi) is 5.61. The second-order valence-electron chi connectivity index (χ2n) is 4.55. The van der Waals surface area contributed by atoms with Crippen molar-refractivity contribution in [3.8, 4) is 0 Å². The van der Waals surface area contributed by atoms with Gasteiger partial charge in [-0.2, -0.15) is 11.8 Å². The largest absolute Gasteiger partial charge is 0.480 e. The SMILES string of the molecule is CC(C)C(NC(=O)NCC1CCCS1)C(=O)O. The van der Waals surface area contributed by atoms with Crippen molar-refractivity contribution in [3.63, 3.8) is 0 Å². The summed E-state index contributed by atoms with van der Waals surface area (Å²) in [4.78, 5) is 22.4. The molecule has 0 bridgehead atoms. The molecule has 0 aromatic carbocycles. The van der Waals surface area contributed by atoms with Gasteiger partial charge in [-0.25, -0.2) is 9.59 Å². The lowest BCUT2D eigenvalue weighted by atomic mass is 10.1. The number of thioether (sulfide) groups is 1. The Hall–Kier alpha value is -0.910. The fraction of sp³-hybridized carbons (Fsp3) is 0.818. The lowest BCUT2D eigenvalue weighted by molar-refractivity contribution is -0.140. The van der Waals surface area contributed by atoms with Gasteiger partial charge in [-0.05, 0) is 24.5 Å². The molecule has 1 saturated heterocycles. The normalized spacial score (nSPS) is 21.2. The molecule has 98 valence electrons. The van der Waals surface area contributed by atoms with Crippen molar-refractivity contribution in [3.05, 3.63) is 0 Å². The number of hydrogen-bond donors (Lipinski definition) is 3. The Morgan fingerprint density at radius 1 is 1.47 bits per heavy atom. The first kappa shape index (κ1) is 14.2. The van der Waals surface area contributed by atoms with E-state index < -0.39 is 18.0 Å². The summed E-state index contributed by atoms with van der Waals surface area (Å²) < 4.78 is 0. The molecule has 2 amide bonds. The zero-order chi connectivity index (χ0) is 12.8. The molecule has 0 saturated carbocycles. The number of carbonyl (C=O) groups excluding carboxylic acids is 1. The maximum absolute atomic E-state index is 11.5. The third-order valence-electron chi connectivity index (χ3n) is 2.73. The monoisotopic (exact) mass is 260 g/mol. The molecule has 0 aliphatic carbocycles. The van der Waals surface area contributed by atoms with Gasteiger partial charge in [-0.15, -0.1) is 0 Å². The van der Waals surface area contributed by atoms with E-state index in [4.69, 9.17) is 5.11 Å². The van der Waals surface area contributed by atoms with Gasteiger partial charge in [0, 0.05) is 11.8 Å². The summed E-state index contributed by atoms with van der Waals surface area (Å²) in [6.45, 7) is 4.15. The Balaban J connectivity index is 2.29. The highest BCUT2D eigenvalue weighted by Crippen LogP contribution is 2.25. The van der Waals surface area contributed by atoms with E-state index in [0.29, 0.717) is 11.8 Å². The second-order valence-corrected chi connectivity index (χ2v) is 5.96. The van der Waals surface area contributed by atoms with Crippen LogP contribution in [0.3, 0.4) is 0 Å². The summed E-state index contributed by atoms with van der Waals surface area (Å²) in [5.41, 5.74) is 0. The topological polar surface area (TPSA) is 78.4 Å². The molecular weight excluding hydrogens is 240 g/mol. The fourth-order valence-electron chi connectivity index (χ4n) is 1.72. The first-order valence-electron chi connectivity index (χ1n) is 5.89. The number of nitrogens with one attached hydrogen (secondary N) is 2. The smallest absolute Gasteiger partial charge is 0.326 e. The van der Waals surface area contributed by atoms with Gasteiger partial charge in [-0.1, -0.05) is 13.8 Å². The number of carbonyl (C=O) groups is 2. The van der Waals surface area contributed by atoms with E-state index in [1.165, 1.54) is 6.42 Å². The quantitative estimate of drug-likeness (QED) is 0.696. The first-order valence-corrected chi connectivity index (χ1v) is 6.94. The van der Waals surface area contributed by atoms with Crippen LogP contribution < -0.4 is 10.6 Å². The highest BCUT2D eigenvalue weighted by atomic mass is 32.2. The maximum Gasteiger partial charge on any atom is 0.326 e. The highest BCUT2D eigenvalue weighted by molar-refractivity contribution is 8.00. The molecule has 5 nitrogen and oxygen atoms in total. The van der Waals surface area contributed by atoms with Crippen LogP contribution in [-0.4, -0.2) is 40.7 Å². The Labute approximate surface area is 106 Å². The summed E-state index contributed by atoms with van der Waals surface area (Å²) in [5, 5.41) is 14.6. The summed E-state index contributed by atoms with van der Waals surface area (Å²) in [7, 11) is 0. The zero-order valence-electron chi connectivity index (χ0n) is 10.2.